The maximum absolute atomic E-state index is 10.5. The maximum atomic E-state index is 10.5. The normalized spacial score (nSPS) is 13.3. The molecule has 0 unspecified atom stereocenters. The van der Waals surface area contributed by atoms with Crippen molar-refractivity contribution in [2.75, 3.05) is 13.2 Å². The molecule has 0 aromatic heterocycles. The number of nitrogens with two attached hydrogens (primary N) is 1. The number of hydrogen-bond acceptors (Lipinski definition) is 3. The number of amides is 1. The van der Waals surface area contributed by atoms with Gasteiger partial charge in [-0.1, -0.05) is 24.3 Å². The standard InChI is InChI=1S/C15H13NO3/c16-15(17)9-8-14-7-6-12(11-19-14)10-18-13-4-2-1-3-5-13/h1-7H,10-11H2,(H2,16,17). The molecule has 1 aliphatic rings. The van der Waals surface area contributed by atoms with Crippen molar-refractivity contribution in [2.24, 2.45) is 5.73 Å². The summed E-state index contributed by atoms with van der Waals surface area (Å²) in [6.07, 6.45) is 3.57. The van der Waals surface area contributed by atoms with Gasteiger partial charge in [0.1, 0.15) is 19.0 Å². The fourth-order valence-corrected chi connectivity index (χ4v) is 1.44. The third-order valence-corrected chi connectivity index (χ3v) is 2.36. The zero-order valence-electron chi connectivity index (χ0n) is 10.3. The molecule has 19 heavy (non-hydrogen) atoms. The molecule has 0 saturated carbocycles. The number of ether oxygens (including phenoxy) is 2. The van der Waals surface area contributed by atoms with Crippen LogP contribution in [0.1, 0.15) is 0 Å². The van der Waals surface area contributed by atoms with E-state index in [1.807, 2.05) is 36.4 Å². The highest BCUT2D eigenvalue weighted by Crippen LogP contribution is 2.13. The van der Waals surface area contributed by atoms with Crippen molar-refractivity contribution in [3.8, 4) is 17.6 Å². The molecule has 4 nitrogen and oxygen atoms in total. The Morgan fingerprint density at radius 1 is 1.32 bits per heavy atom. The zero-order valence-corrected chi connectivity index (χ0v) is 10.3. The fraction of sp³-hybridized carbons (Fsp3) is 0.133. The van der Waals surface area contributed by atoms with Gasteiger partial charge < -0.3 is 15.2 Å². The van der Waals surface area contributed by atoms with E-state index in [1.54, 1.807) is 6.08 Å². The van der Waals surface area contributed by atoms with Gasteiger partial charge in [-0.2, -0.15) is 0 Å². The summed E-state index contributed by atoms with van der Waals surface area (Å²) in [5.74, 6) is 5.34. The van der Waals surface area contributed by atoms with Crippen LogP contribution in [-0.4, -0.2) is 19.1 Å². The topological polar surface area (TPSA) is 61.6 Å². The van der Waals surface area contributed by atoms with Crippen molar-refractivity contribution in [2.45, 2.75) is 0 Å². The number of hydrogen-bond donors (Lipinski definition) is 1. The van der Waals surface area contributed by atoms with Crippen molar-refractivity contribution in [3.05, 3.63) is 53.8 Å². The number of allylic oxidation sites excluding steroid dienone is 3. The van der Waals surface area contributed by atoms with Gasteiger partial charge in [0.25, 0.3) is 5.91 Å². The summed E-state index contributed by atoms with van der Waals surface area (Å²) in [7, 11) is 0. The lowest BCUT2D eigenvalue weighted by Gasteiger charge is -2.14. The molecule has 0 saturated heterocycles. The summed E-state index contributed by atoms with van der Waals surface area (Å²) < 4.78 is 11.0. The highest BCUT2D eigenvalue weighted by molar-refractivity contribution is 5.92. The van der Waals surface area contributed by atoms with Gasteiger partial charge in [0.05, 0.1) is 0 Å². The molecule has 1 amide bonds. The number of carbonyl (C=O) groups excluding carboxylic acids is 1. The van der Waals surface area contributed by atoms with E-state index in [1.165, 1.54) is 0 Å². The lowest BCUT2D eigenvalue weighted by Crippen LogP contribution is -2.11. The van der Waals surface area contributed by atoms with Crippen LogP contribution in [0, 0.1) is 11.8 Å². The third-order valence-electron chi connectivity index (χ3n) is 2.36. The summed E-state index contributed by atoms with van der Waals surface area (Å²) >= 11 is 0. The summed E-state index contributed by atoms with van der Waals surface area (Å²) in [6.45, 7) is 0.850. The largest absolute Gasteiger partial charge is 0.489 e. The highest BCUT2D eigenvalue weighted by atomic mass is 16.5. The SMILES string of the molecule is NC(=O)C#CC1=CC=C(COc2ccccc2)CO1. The average Bonchev–Trinajstić information content (AvgIpc) is 2.45. The van der Waals surface area contributed by atoms with Gasteiger partial charge in [0.2, 0.25) is 0 Å². The second kappa shape index (κ2) is 6.31. The van der Waals surface area contributed by atoms with Gasteiger partial charge in [-0.05, 0) is 24.1 Å². The molecule has 0 radical (unpaired) electrons. The second-order valence-electron chi connectivity index (χ2n) is 3.86. The van der Waals surface area contributed by atoms with E-state index in [2.05, 4.69) is 11.8 Å². The third kappa shape index (κ3) is 4.25. The van der Waals surface area contributed by atoms with Crippen LogP contribution in [0.4, 0.5) is 0 Å². The molecular formula is C15H13NO3. The van der Waals surface area contributed by atoms with Crippen LogP contribution in [-0.2, 0) is 9.53 Å². The molecule has 1 heterocycles. The summed E-state index contributed by atoms with van der Waals surface area (Å²) in [4.78, 5) is 10.5. The first-order chi connectivity index (χ1) is 9.24. The molecule has 2 rings (SSSR count). The number of primary amides is 1. The van der Waals surface area contributed by atoms with E-state index in [4.69, 9.17) is 15.2 Å². The Morgan fingerprint density at radius 3 is 2.74 bits per heavy atom. The van der Waals surface area contributed by atoms with Crippen LogP contribution in [0.15, 0.2) is 53.8 Å². The molecule has 0 bridgehead atoms. The van der Waals surface area contributed by atoms with Crippen molar-refractivity contribution in [1.29, 1.82) is 0 Å². The van der Waals surface area contributed by atoms with Gasteiger partial charge in [0.15, 0.2) is 5.76 Å². The molecule has 2 N–H and O–H groups in total. The minimum absolute atomic E-state index is 0.395. The predicted octanol–water partition coefficient (Wildman–Crippen LogP) is 1.39. The molecule has 0 aliphatic carbocycles. The first-order valence-electron chi connectivity index (χ1n) is 5.76. The molecular weight excluding hydrogens is 242 g/mol. The number of benzene rings is 1. The molecule has 0 atom stereocenters. The average molecular weight is 255 g/mol. The Hall–Kier alpha value is -2.67. The monoisotopic (exact) mass is 255 g/mol. The van der Waals surface area contributed by atoms with Gasteiger partial charge in [-0.25, -0.2) is 0 Å². The lowest BCUT2D eigenvalue weighted by atomic mass is 10.2. The predicted molar refractivity (Wildman–Crippen MR) is 71.0 cm³/mol. The van der Waals surface area contributed by atoms with Gasteiger partial charge >= 0.3 is 0 Å². The van der Waals surface area contributed by atoms with Gasteiger partial charge in [0, 0.05) is 11.5 Å². The van der Waals surface area contributed by atoms with E-state index >= 15 is 0 Å². The molecule has 1 aromatic carbocycles. The fourth-order valence-electron chi connectivity index (χ4n) is 1.44. The minimum atomic E-state index is -0.674. The van der Waals surface area contributed by atoms with Crippen LogP contribution in [0.2, 0.25) is 0 Å². The van der Waals surface area contributed by atoms with Gasteiger partial charge in [-0.15, -0.1) is 0 Å². The number of para-hydroxylation sites is 1. The maximum Gasteiger partial charge on any atom is 0.293 e. The molecule has 0 fully saturated rings. The molecule has 96 valence electrons. The first kappa shape index (κ1) is 12.8. The number of carbonyl (C=O) groups is 1. The Balaban J connectivity index is 1.91. The quantitative estimate of drug-likeness (QED) is 0.830. The van der Waals surface area contributed by atoms with Crippen molar-refractivity contribution in [1.82, 2.24) is 0 Å². The lowest BCUT2D eigenvalue weighted by molar-refractivity contribution is -0.112. The van der Waals surface area contributed by atoms with Crippen LogP contribution >= 0.6 is 0 Å². The number of rotatable bonds is 3. The van der Waals surface area contributed by atoms with E-state index in [0.29, 0.717) is 19.0 Å². The minimum Gasteiger partial charge on any atom is -0.489 e. The summed E-state index contributed by atoms with van der Waals surface area (Å²) in [6, 6.07) is 9.55. The van der Waals surface area contributed by atoms with Crippen molar-refractivity contribution in [3.63, 3.8) is 0 Å². The van der Waals surface area contributed by atoms with E-state index in [0.717, 1.165) is 11.3 Å². The van der Waals surface area contributed by atoms with E-state index in [9.17, 15) is 4.79 Å². The smallest absolute Gasteiger partial charge is 0.293 e. The Morgan fingerprint density at radius 2 is 2.11 bits per heavy atom. The molecule has 1 aliphatic heterocycles. The first-order valence-corrected chi connectivity index (χ1v) is 5.76. The van der Waals surface area contributed by atoms with Crippen LogP contribution in [0.5, 0.6) is 5.75 Å². The molecule has 0 spiro atoms. The summed E-state index contributed by atoms with van der Waals surface area (Å²) in [5.41, 5.74) is 5.91. The van der Waals surface area contributed by atoms with Crippen LogP contribution in [0.3, 0.4) is 0 Å². The molecule has 1 aromatic rings. The Labute approximate surface area is 111 Å². The summed E-state index contributed by atoms with van der Waals surface area (Å²) in [5, 5.41) is 0. The Kier molecular flexibility index (Phi) is 4.25. The van der Waals surface area contributed by atoms with Crippen LogP contribution < -0.4 is 10.5 Å². The van der Waals surface area contributed by atoms with Crippen LogP contribution in [0.25, 0.3) is 0 Å². The van der Waals surface area contributed by atoms with Crippen molar-refractivity contribution < 1.29 is 14.3 Å². The Bertz CT molecular complexity index is 576. The van der Waals surface area contributed by atoms with E-state index in [-0.39, 0.29) is 0 Å². The molecule has 4 heteroatoms. The van der Waals surface area contributed by atoms with Crippen molar-refractivity contribution >= 4 is 5.91 Å². The second-order valence-corrected chi connectivity index (χ2v) is 3.86. The van der Waals surface area contributed by atoms with E-state index < -0.39 is 5.91 Å². The van der Waals surface area contributed by atoms with Gasteiger partial charge in [-0.3, -0.25) is 4.79 Å². The highest BCUT2D eigenvalue weighted by Gasteiger charge is 2.06. The zero-order chi connectivity index (χ0) is 13.5.